The van der Waals surface area contributed by atoms with Crippen LogP contribution in [0.4, 0.5) is 0 Å². The standard InChI is InChI=1S/C7H8BrCl/c1-5(7(3)8)4-6(2)9/h4H,2-3H2,1H3/b5-4-. The predicted octanol–water partition coefficient (Wildman–Crippen LogP) is 3.59. The van der Waals surface area contributed by atoms with Crippen LogP contribution in [0.1, 0.15) is 6.92 Å². The fourth-order valence-electron chi connectivity index (χ4n) is 0.313. The summed E-state index contributed by atoms with van der Waals surface area (Å²) in [6.07, 6.45) is 1.75. The van der Waals surface area contributed by atoms with Crippen LogP contribution in [0.3, 0.4) is 0 Å². The molecule has 0 radical (unpaired) electrons. The highest BCUT2D eigenvalue weighted by Gasteiger charge is 1.89. The molecule has 0 N–H and O–H groups in total. The maximum Gasteiger partial charge on any atom is 0.0337 e. The Morgan fingerprint density at radius 1 is 1.56 bits per heavy atom. The molecule has 0 bridgehead atoms. The second-order valence-corrected chi connectivity index (χ2v) is 3.12. The molecule has 0 saturated carbocycles. The molecule has 0 nitrogen and oxygen atoms in total. The summed E-state index contributed by atoms with van der Waals surface area (Å²) in [5.74, 6) is 0. The minimum absolute atomic E-state index is 0.521. The van der Waals surface area contributed by atoms with E-state index in [2.05, 4.69) is 29.1 Å². The molecule has 0 saturated heterocycles. The Labute approximate surface area is 69.0 Å². The van der Waals surface area contributed by atoms with Crippen LogP contribution in [0.5, 0.6) is 0 Å². The predicted molar refractivity (Wildman–Crippen MR) is 46.8 cm³/mol. The van der Waals surface area contributed by atoms with Gasteiger partial charge in [0.15, 0.2) is 0 Å². The van der Waals surface area contributed by atoms with Crippen molar-refractivity contribution in [3.8, 4) is 0 Å². The van der Waals surface area contributed by atoms with Gasteiger partial charge in [0, 0.05) is 9.51 Å². The second kappa shape index (κ2) is 3.91. The van der Waals surface area contributed by atoms with E-state index in [1.54, 1.807) is 6.08 Å². The van der Waals surface area contributed by atoms with Gasteiger partial charge in [-0.2, -0.15) is 0 Å². The van der Waals surface area contributed by atoms with E-state index in [0.29, 0.717) is 5.03 Å². The number of allylic oxidation sites excluding steroid dienone is 4. The summed E-state index contributed by atoms with van der Waals surface area (Å²) in [4.78, 5) is 0. The van der Waals surface area contributed by atoms with Crippen LogP contribution >= 0.6 is 27.5 Å². The first-order chi connectivity index (χ1) is 4.04. The summed E-state index contributed by atoms with van der Waals surface area (Å²) in [5.41, 5.74) is 0.995. The Morgan fingerprint density at radius 2 is 2.00 bits per heavy atom. The summed E-state index contributed by atoms with van der Waals surface area (Å²) in [6.45, 7) is 9.07. The molecule has 0 unspecified atom stereocenters. The van der Waals surface area contributed by atoms with E-state index < -0.39 is 0 Å². The number of hydrogen-bond donors (Lipinski definition) is 0. The summed E-state index contributed by atoms with van der Waals surface area (Å²) in [5, 5.41) is 0.521. The van der Waals surface area contributed by atoms with Crippen LogP contribution < -0.4 is 0 Å². The van der Waals surface area contributed by atoms with E-state index in [9.17, 15) is 0 Å². The first-order valence-electron chi connectivity index (χ1n) is 2.41. The second-order valence-electron chi connectivity index (χ2n) is 1.68. The van der Waals surface area contributed by atoms with Crippen LogP contribution in [0.15, 0.2) is 34.3 Å². The molecular weight excluding hydrogens is 199 g/mol. The normalized spacial score (nSPS) is 11.2. The molecule has 0 aromatic heterocycles. The topological polar surface area (TPSA) is 0 Å². The number of rotatable bonds is 2. The van der Waals surface area contributed by atoms with Crippen molar-refractivity contribution >= 4 is 27.5 Å². The SMILES string of the molecule is C=C(Cl)/C=C(/C)C(=C)Br. The number of halogens is 2. The molecule has 2 heteroatoms. The van der Waals surface area contributed by atoms with Crippen molar-refractivity contribution in [2.45, 2.75) is 6.92 Å². The Hall–Kier alpha value is -0.0100. The minimum Gasteiger partial charge on any atom is -0.0850 e. The van der Waals surface area contributed by atoms with Crippen molar-refractivity contribution < 1.29 is 0 Å². The maximum absolute atomic E-state index is 5.48. The summed E-state index contributed by atoms with van der Waals surface area (Å²) in [6, 6.07) is 0. The molecule has 0 spiro atoms. The van der Waals surface area contributed by atoms with Crippen molar-refractivity contribution in [3.63, 3.8) is 0 Å². The van der Waals surface area contributed by atoms with E-state index in [-0.39, 0.29) is 0 Å². The lowest BCUT2D eigenvalue weighted by atomic mass is 10.3. The highest BCUT2D eigenvalue weighted by Crippen LogP contribution is 2.16. The molecule has 0 aliphatic heterocycles. The van der Waals surface area contributed by atoms with Gasteiger partial charge in [0.25, 0.3) is 0 Å². The van der Waals surface area contributed by atoms with Gasteiger partial charge >= 0.3 is 0 Å². The van der Waals surface area contributed by atoms with Crippen LogP contribution in [0.25, 0.3) is 0 Å². The lowest BCUT2D eigenvalue weighted by molar-refractivity contribution is 1.51. The van der Waals surface area contributed by atoms with Gasteiger partial charge < -0.3 is 0 Å². The van der Waals surface area contributed by atoms with Gasteiger partial charge in [-0.05, 0) is 18.6 Å². The van der Waals surface area contributed by atoms with Gasteiger partial charge in [0.2, 0.25) is 0 Å². The third kappa shape index (κ3) is 4.49. The minimum atomic E-state index is 0.521. The molecule has 0 amide bonds. The van der Waals surface area contributed by atoms with Crippen molar-refractivity contribution in [3.05, 3.63) is 34.3 Å². The van der Waals surface area contributed by atoms with Crippen molar-refractivity contribution in [1.82, 2.24) is 0 Å². The molecular formula is C7H8BrCl. The highest BCUT2D eigenvalue weighted by atomic mass is 79.9. The van der Waals surface area contributed by atoms with Gasteiger partial charge in [-0.1, -0.05) is 40.7 Å². The van der Waals surface area contributed by atoms with Crippen LogP contribution in [-0.2, 0) is 0 Å². The van der Waals surface area contributed by atoms with E-state index >= 15 is 0 Å². The molecule has 0 aliphatic carbocycles. The van der Waals surface area contributed by atoms with Gasteiger partial charge in [-0.15, -0.1) is 0 Å². The number of hydrogen-bond acceptors (Lipinski definition) is 0. The zero-order valence-corrected chi connectivity index (χ0v) is 7.59. The molecule has 0 fully saturated rings. The lowest BCUT2D eigenvalue weighted by Gasteiger charge is -1.93. The lowest BCUT2D eigenvalue weighted by Crippen LogP contribution is -1.71. The summed E-state index contributed by atoms with van der Waals surface area (Å²) in [7, 11) is 0. The Kier molecular flexibility index (Phi) is 3.91. The fraction of sp³-hybridized carbons (Fsp3) is 0.143. The van der Waals surface area contributed by atoms with Crippen LogP contribution in [-0.4, -0.2) is 0 Å². The zero-order valence-electron chi connectivity index (χ0n) is 5.25. The monoisotopic (exact) mass is 206 g/mol. The quantitative estimate of drug-likeness (QED) is 0.607. The summed E-state index contributed by atoms with van der Waals surface area (Å²) >= 11 is 8.69. The van der Waals surface area contributed by atoms with E-state index in [1.165, 1.54) is 0 Å². The molecule has 0 aliphatic rings. The molecule has 0 aromatic carbocycles. The molecule has 0 heterocycles. The van der Waals surface area contributed by atoms with E-state index in [1.807, 2.05) is 6.92 Å². The van der Waals surface area contributed by atoms with E-state index in [0.717, 1.165) is 10.1 Å². The van der Waals surface area contributed by atoms with Gasteiger partial charge in [0.1, 0.15) is 0 Å². The molecule has 0 aromatic rings. The average molecular weight is 207 g/mol. The largest absolute Gasteiger partial charge is 0.0850 e. The van der Waals surface area contributed by atoms with Crippen molar-refractivity contribution in [2.24, 2.45) is 0 Å². The van der Waals surface area contributed by atoms with Crippen LogP contribution in [0, 0.1) is 0 Å². The van der Waals surface area contributed by atoms with E-state index in [4.69, 9.17) is 11.6 Å². The third-order valence-electron chi connectivity index (χ3n) is 0.801. The van der Waals surface area contributed by atoms with Gasteiger partial charge in [-0.25, -0.2) is 0 Å². The van der Waals surface area contributed by atoms with Crippen LogP contribution in [0.2, 0.25) is 0 Å². The molecule has 9 heavy (non-hydrogen) atoms. The Morgan fingerprint density at radius 3 is 2.11 bits per heavy atom. The van der Waals surface area contributed by atoms with Gasteiger partial charge in [-0.3, -0.25) is 0 Å². The molecule has 0 atom stereocenters. The zero-order chi connectivity index (χ0) is 7.44. The average Bonchev–Trinajstić information content (AvgIpc) is 1.63. The first-order valence-corrected chi connectivity index (χ1v) is 3.58. The fourth-order valence-corrected chi connectivity index (χ4v) is 0.591. The highest BCUT2D eigenvalue weighted by molar-refractivity contribution is 9.11. The Balaban J connectivity index is 4.17. The smallest absolute Gasteiger partial charge is 0.0337 e. The third-order valence-corrected chi connectivity index (χ3v) is 1.54. The molecule has 0 rings (SSSR count). The first kappa shape index (κ1) is 8.99. The Bertz CT molecular complexity index is 168. The molecule has 50 valence electrons. The van der Waals surface area contributed by atoms with Crippen molar-refractivity contribution in [2.75, 3.05) is 0 Å². The van der Waals surface area contributed by atoms with Gasteiger partial charge in [0.05, 0.1) is 0 Å². The van der Waals surface area contributed by atoms with Crippen molar-refractivity contribution in [1.29, 1.82) is 0 Å². The maximum atomic E-state index is 5.48. The summed E-state index contributed by atoms with van der Waals surface area (Å²) < 4.78 is 0.837.